The molecule has 0 aliphatic heterocycles. The zero-order valence-electron chi connectivity index (χ0n) is 17.2. The van der Waals surface area contributed by atoms with E-state index in [1.165, 1.54) is 17.0 Å². The Morgan fingerprint density at radius 3 is 2.58 bits per heavy atom. The Balaban J connectivity index is 1.46. The predicted molar refractivity (Wildman–Crippen MR) is 115 cm³/mol. The van der Waals surface area contributed by atoms with Gasteiger partial charge in [0.15, 0.2) is 0 Å². The molecule has 0 saturated heterocycles. The van der Waals surface area contributed by atoms with E-state index in [1.807, 2.05) is 36.1 Å². The van der Waals surface area contributed by atoms with Gasteiger partial charge in [0, 0.05) is 50.5 Å². The molecule has 0 fully saturated rings. The maximum atomic E-state index is 12.4. The first-order chi connectivity index (χ1) is 14.9. The van der Waals surface area contributed by atoms with Crippen LogP contribution in [0.2, 0.25) is 0 Å². The second kappa shape index (κ2) is 8.23. The molecule has 9 nitrogen and oxygen atoms in total. The first-order valence-corrected chi connectivity index (χ1v) is 9.47. The van der Waals surface area contributed by atoms with Crippen LogP contribution in [0.15, 0.2) is 66.1 Å². The predicted octanol–water partition coefficient (Wildman–Crippen LogP) is 2.93. The molecule has 4 aromatic heterocycles. The molecule has 1 amide bonds. The highest BCUT2D eigenvalue weighted by molar-refractivity contribution is 6.03. The van der Waals surface area contributed by atoms with E-state index in [0.717, 1.165) is 11.3 Å². The number of nitrogens with one attached hydrogen (secondary N) is 1. The van der Waals surface area contributed by atoms with Crippen molar-refractivity contribution in [1.82, 2.24) is 24.1 Å². The lowest BCUT2D eigenvalue weighted by atomic mass is 10.2. The third kappa shape index (κ3) is 4.35. The van der Waals surface area contributed by atoms with Gasteiger partial charge in [-0.3, -0.25) is 19.1 Å². The fourth-order valence-corrected chi connectivity index (χ4v) is 2.90. The number of anilines is 1. The minimum atomic E-state index is -0.573. The lowest BCUT2D eigenvalue weighted by molar-refractivity contribution is 0.102. The number of aryl methyl sites for hydroxylation is 2. The van der Waals surface area contributed by atoms with Crippen LogP contribution in [-0.4, -0.2) is 30.0 Å². The summed E-state index contributed by atoms with van der Waals surface area (Å²) in [5.74, 6) is 1.35. The number of amides is 1. The number of carbonyl (C=O) groups is 1. The quantitative estimate of drug-likeness (QED) is 0.536. The number of aromatic nitrogens is 5. The zero-order chi connectivity index (χ0) is 22.0. The number of hydrogen-bond acceptors (Lipinski definition) is 6. The van der Waals surface area contributed by atoms with Crippen molar-refractivity contribution in [3.05, 3.63) is 83.1 Å². The van der Waals surface area contributed by atoms with Gasteiger partial charge in [0.2, 0.25) is 0 Å². The van der Waals surface area contributed by atoms with E-state index in [4.69, 9.17) is 4.74 Å². The maximum Gasteiger partial charge on any atom is 0.266 e. The number of ether oxygens (including phenoxy) is 1. The Labute approximate surface area is 178 Å². The van der Waals surface area contributed by atoms with Crippen molar-refractivity contribution in [2.75, 3.05) is 5.32 Å². The van der Waals surface area contributed by atoms with Crippen molar-refractivity contribution in [2.24, 2.45) is 14.1 Å². The van der Waals surface area contributed by atoms with Crippen molar-refractivity contribution < 1.29 is 9.53 Å². The third-order valence-corrected chi connectivity index (χ3v) is 4.72. The zero-order valence-corrected chi connectivity index (χ0v) is 17.2. The normalized spacial score (nSPS) is 10.7. The molecule has 0 radical (unpaired) electrons. The summed E-state index contributed by atoms with van der Waals surface area (Å²) in [7, 11) is 3.51. The summed E-state index contributed by atoms with van der Waals surface area (Å²) >= 11 is 0. The van der Waals surface area contributed by atoms with Gasteiger partial charge in [-0.15, -0.1) is 0 Å². The average molecular weight is 416 g/mol. The average Bonchev–Trinajstić information content (AvgIpc) is 3.20. The first kappa shape index (κ1) is 20.0. The van der Waals surface area contributed by atoms with Crippen LogP contribution in [0.5, 0.6) is 11.5 Å². The van der Waals surface area contributed by atoms with Gasteiger partial charge < -0.3 is 14.6 Å². The van der Waals surface area contributed by atoms with E-state index in [9.17, 15) is 9.59 Å². The Morgan fingerprint density at radius 1 is 1.03 bits per heavy atom. The second-order valence-electron chi connectivity index (χ2n) is 6.96. The fourth-order valence-electron chi connectivity index (χ4n) is 2.90. The highest BCUT2D eigenvalue weighted by atomic mass is 16.5. The molecular weight excluding hydrogens is 396 g/mol. The van der Waals surface area contributed by atoms with Crippen LogP contribution >= 0.6 is 0 Å². The molecule has 156 valence electrons. The monoisotopic (exact) mass is 416 g/mol. The largest absolute Gasteiger partial charge is 0.456 e. The molecule has 9 heteroatoms. The number of rotatable bonds is 5. The van der Waals surface area contributed by atoms with E-state index in [-0.39, 0.29) is 5.56 Å². The Kier molecular flexibility index (Phi) is 5.31. The fraction of sp³-hybridized carbons (Fsp3) is 0.136. The van der Waals surface area contributed by atoms with Crippen LogP contribution in [0.4, 0.5) is 5.82 Å². The highest BCUT2D eigenvalue weighted by Gasteiger charge is 2.14. The molecule has 4 aromatic rings. The number of nitrogens with zero attached hydrogens (tertiary/aromatic N) is 5. The summed E-state index contributed by atoms with van der Waals surface area (Å²) < 4.78 is 9.12. The molecule has 4 rings (SSSR count). The Morgan fingerprint density at radius 2 is 1.87 bits per heavy atom. The number of carbonyl (C=O) groups excluding carboxylic acids is 1. The SMILES string of the molecule is Cc1ncc(C(=O)Nc2ccc(Oc3ccnc(-c4ccn(C)c4)c3)cn2)c(=O)n1C. The lowest BCUT2D eigenvalue weighted by Gasteiger charge is -2.09. The van der Waals surface area contributed by atoms with Crippen molar-refractivity contribution in [2.45, 2.75) is 6.92 Å². The van der Waals surface area contributed by atoms with Crippen molar-refractivity contribution in [3.63, 3.8) is 0 Å². The smallest absolute Gasteiger partial charge is 0.266 e. The number of pyridine rings is 2. The van der Waals surface area contributed by atoms with Gasteiger partial charge in [-0.2, -0.15) is 0 Å². The molecular formula is C22H20N6O3. The molecule has 0 saturated carbocycles. The van der Waals surface area contributed by atoms with E-state index in [0.29, 0.717) is 23.1 Å². The topological polar surface area (TPSA) is 104 Å². The Hall–Kier alpha value is -4.27. The molecule has 31 heavy (non-hydrogen) atoms. The molecule has 0 aliphatic carbocycles. The minimum absolute atomic E-state index is 0.0551. The summed E-state index contributed by atoms with van der Waals surface area (Å²) in [4.78, 5) is 37.2. The van der Waals surface area contributed by atoms with Crippen LogP contribution in [0, 0.1) is 6.92 Å². The maximum absolute atomic E-state index is 12.4. The van der Waals surface area contributed by atoms with Crippen LogP contribution in [-0.2, 0) is 14.1 Å². The molecule has 4 heterocycles. The van der Waals surface area contributed by atoms with Crippen LogP contribution in [0.1, 0.15) is 16.2 Å². The molecule has 0 spiro atoms. The van der Waals surface area contributed by atoms with Crippen molar-refractivity contribution >= 4 is 11.7 Å². The molecule has 0 bridgehead atoms. The highest BCUT2D eigenvalue weighted by Crippen LogP contribution is 2.26. The first-order valence-electron chi connectivity index (χ1n) is 9.47. The van der Waals surface area contributed by atoms with Crippen LogP contribution in [0.3, 0.4) is 0 Å². The molecule has 0 unspecified atom stereocenters. The standard InChI is InChI=1S/C22H20N6O3/c1-14-24-12-18(22(30)28(14)3)21(29)26-20-5-4-17(11-25-20)31-16-6-8-23-19(10-16)15-7-9-27(2)13-15/h4-13H,1-3H3,(H,25,26,29). The van der Waals surface area contributed by atoms with E-state index in [1.54, 1.807) is 38.4 Å². The van der Waals surface area contributed by atoms with E-state index >= 15 is 0 Å². The summed E-state index contributed by atoms with van der Waals surface area (Å²) in [6, 6.07) is 8.84. The van der Waals surface area contributed by atoms with Gasteiger partial charge in [-0.05, 0) is 31.2 Å². The summed E-state index contributed by atoms with van der Waals surface area (Å²) in [5.41, 5.74) is 1.31. The van der Waals surface area contributed by atoms with E-state index in [2.05, 4.69) is 20.3 Å². The lowest BCUT2D eigenvalue weighted by Crippen LogP contribution is -2.29. The van der Waals surface area contributed by atoms with E-state index < -0.39 is 11.5 Å². The van der Waals surface area contributed by atoms with Crippen molar-refractivity contribution in [3.8, 4) is 22.8 Å². The molecule has 0 atom stereocenters. The van der Waals surface area contributed by atoms with Gasteiger partial charge >= 0.3 is 0 Å². The minimum Gasteiger partial charge on any atom is -0.456 e. The van der Waals surface area contributed by atoms with Crippen LogP contribution < -0.4 is 15.6 Å². The van der Waals surface area contributed by atoms with Crippen LogP contribution in [0.25, 0.3) is 11.3 Å². The van der Waals surface area contributed by atoms with Gasteiger partial charge in [0.1, 0.15) is 28.7 Å². The Bertz CT molecular complexity index is 1310. The third-order valence-electron chi connectivity index (χ3n) is 4.72. The van der Waals surface area contributed by atoms with Gasteiger partial charge in [0.05, 0.1) is 11.9 Å². The van der Waals surface area contributed by atoms with Gasteiger partial charge in [-0.1, -0.05) is 0 Å². The van der Waals surface area contributed by atoms with Gasteiger partial charge in [0.25, 0.3) is 11.5 Å². The second-order valence-corrected chi connectivity index (χ2v) is 6.96. The molecule has 0 aromatic carbocycles. The van der Waals surface area contributed by atoms with Gasteiger partial charge in [-0.25, -0.2) is 9.97 Å². The molecule has 0 aliphatic rings. The summed E-state index contributed by atoms with van der Waals surface area (Å²) in [5, 5.41) is 2.60. The number of hydrogen-bond donors (Lipinski definition) is 1. The summed E-state index contributed by atoms with van der Waals surface area (Å²) in [6.07, 6.45) is 8.35. The molecule has 1 N–H and O–H groups in total. The summed E-state index contributed by atoms with van der Waals surface area (Å²) in [6.45, 7) is 1.69. The van der Waals surface area contributed by atoms with Crippen molar-refractivity contribution in [1.29, 1.82) is 0 Å².